The standard InChI is InChI=1S/C30H45N3O6S/c1-22-18-33(23(2)21-34)30(35)27-17-26(31-40(5,36)37)14-15-28(27)39-24(3)11-9-10-16-38-29(22)20-32(4)19-25-12-7-6-8-13-25/h6-8,12-15,17,22-24,29,31,34H,9-11,16,18-21H2,1-5H3/t22-,23+,24-,29-/m1/s1. The van der Waals surface area contributed by atoms with Crippen LogP contribution in [-0.2, 0) is 21.3 Å². The number of fused-ring (bicyclic) bond motifs is 1. The number of anilines is 1. The van der Waals surface area contributed by atoms with Crippen LogP contribution in [0, 0.1) is 5.92 Å². The zero-order valence-electron chi connectivity index (χ0n) is 24.4. The van der Waals surface area contributed by atoms with Crippen molar-refractivity contribution in [2.75, 3.05) is 44.3 Å². The maximum atomic E-state index is 14.1. The normalized spacial score (nSPS) is 22.2. The highest BCUT2D eigenvalue weighted by Crippen LogP contribution is 2.29. The van der Waals surface area contributed by atoms with Crippen LogP contribution in [0.5, 0.6) is 5.75 Å². The van der Waals surface area contributed by atoms with Crippen LogP contribution in [0.15, 0.2) is 48.5 Å². The summed E-state index contributed by atoms with van der Waals surface area (Å²) in [5.74, 6) is 0.0210. The van der Waals surface area contributed by atoms with Crippen LogP contribution in [0.3, 0.4) is 0 Å². The lowest BCUT2D eigenvalue weighted by molar-refractivity contribution is -0.0177. The molecule has 1 heterocycles. The van der Waals surface area contributed by atoms with E-state index in [4.69, 9.17) is 9.47 Å². The summed E-state index contributed by atoms with van der Waals surface area (Å²) in [6.07, 6.45) is 3.36. The van der Waals surface area contributed by atoms with Crippen molar-refractivity contribution in [1.29, 1.82) is 0 Å². The minimum absolute atomic E-state index is 0.0419. The smallest absolute Gasteiger partial charge is 0.258 e. The SMILES string of the molecule is C[C@@H]1CCCCO[C@H](CN(C)Cc2ccccc2)[C@H](C)CN([C@@H](C)CO)C(=O)c2cc(NS(C)(=O)=O)ccc2O1. The number of likely N-dealkylation sites (N-methyl/N-ethyl adjacent to an activating group) is 1. The maximum absolute atomic E-state index is 14.1. The third kappa shape index (κ3) is 9.76. The van der Waals surface area contributed by atoms with Crippen molar-refractivity contribution in [3.63, 3.8) is 0 Å². The van der Waals surface area contributed by atoms with E-state index in [1.54, 1.807) is 24.0 Å². The summed E-state index contributed by atoms with van der Waals surface area (Å²) in [5, 5.41) is 10.1. The number of amides is 1. The van der Waals surface area contributed by atoms with Crippen LogP contribution >= 0.6 is 0 Å². The molecule has 1 aliphatic heterocycles. The van der Waals surface area contributed by atoms with Gasteiger partial charge in [-0.1, -0.05) is 37.3 Å². The molecule has 2 aromatic carbocycles. The van der Waals surface area contributed by atoms with Crippen molar-refractivity contribution < 1.29 is 27.8 Å². The first-order valence-corrected chi connectivity index (χ1v) is 15.9. The molecular formula is C30H45N3O6S. The fraction of sp³-hybridized carbons (Fsp3) is 0.567. The average molecular weight is 576 g/mol. The Balaban J connectivity index is 1.92. The van der Waals surface area contributed by atoms with E-state index in [9.17, 15) is 18.3 Å². The second-order valence-electron chi connectivity index (χ2n) is 11.1. The van der Waals surface area contributed by atoms with Gasteiger partial charge < -0.3 is 19.5 Å². The van der Waals surface area contributed by atoms with E-state index in [1.165, 1.54) is 11.6 Å². The van der Waals surface area contributed by atoms with Gasteiger partial charge in [0.25, 0.3) is 5.91 Å². The summed E-state index contributed by atoms with van der Waals surface area (Å²) in [5.41, 5.74) is 1.75. The van der Waals surface area contributed by atoms with Crippen molar-refractivity contribution in [3.8, 4) is 5.75 Å². The molecule has 0 fully saturated rings. The summed E-state index contributed by atoms with van der Waals surface area (Å²) in [6, 6.07) is 14.5. The molecule has 40 heavy (non-hydrogen) atoms. The minimum atomic E-state index is -3.54. The number of ether oxygens (including phenoxy) is 2. The van der Waals surface area contributed by atoms with Gasteiger partial charge in [0.05, 0.1) is 36.7 Å². The molecule has 3 rings (SSSR count). The fourth-order valence-corrected chi connectivity index (χ4v) is 5.48. The molecule has 4 atom stereocenters. The predicted molar refractivity (Wildman–Crippen MR) is 158 cm³/mol. The molecule has 222 valence electrons. The van der Waals surface area contributed by atoms with E-state index in [0.29, 0.717) is 25.4 Å². The van der Waals surface area contributed by atoms with E-state index in [1.807, 2.05) is 25.1 Å². The van der Waals surface area contributed by atoms with Gasteiger partial charge in [0, 0.05) is 37.8 Å². The average Bonchev–Trinajstić information content (AvgIpc) is 2.90. The molecule has 0 aromatic heterocycles. The van der Waals surface area contributed by atoms with E-state index in [-0.39, 0.29) is 41.9 Å². The summed E-state index contributed by atoms with van der Waals surface area (Å²) >= 11 is 0. The number of nitrogens with zero attached hydrogens (tertiary/aromatic N) is 2. The number of rotatable bonds is 8. The quantitative estimate of drug-likeness (QED) is 0.490. The largest absolute Gasteiger partial charge is 0.490 e. The summed E-state index contributed by atoms with van der Waals surface area (Å²) < 4.78 is 38.8. The number of hydrogen-bond donors (Lipinski definition) is 2. The van der Waals surface area contributed by atoms with Crippen molar-refractivity contribution in [2.45, 2.75) is 64.8 Å². The van der Waals surface area contributed by atoms with Crippen molar-refractivity contribution in [2.24, 2.45) is 5.92 Å². The Hall–Kier alpha value is -2.66. The number of aliphatic hydroxyl groups is 1. The van der Waals surface area contributed by atoms with Crippen molar-refractivity contribution >= 4 is 21.6 Å². The van der Waals surface area contributed by atoms with Gasteiger partial charge in [0.15, 0.2) is 0 Å². The number of carbonyl (C=O) groups excluding carboxylic acids is 1. The number of nitrogens with one attached hydrogen (secondary N) is 1. The zero-order chi connectivity index (χ0) is 29.3. The molecule has 0 unspecified atom stereocenters. The Morgan fingerprint density at radius 3 is 2.55 bits per heavy atom. The van der Waals surface area contributed by atoms with Gasteiger partial charge in [0.2, 0.25) is 10.0 Å². The third-order valence-electron chi connectivity index (χ3n) is 7.14. The molecule has 0 saturated heterocycles. The van der Waals surface area contributed by atoms with Gasteiger partial charge in [0.1, 0.15) is 5.75 Å². The topological polar surface area (TPSA) is 108 Å². The molecule has 0 aliphatic carbocycles. The van der Waals surface area contributed by atoms with Crippen molar-refractivity contribution in [3.05, 3.63) is 59.7 Å². The molecule has 0 saturated carbocycles. The molecular weight excluding hydrogens is 530 g/mol. The van der Waals surface area contributed by atoms with Gasteiger partial charge in [-0.25, -0.2) is 8.42 Å². The van der Waals surface area contributed by atoms with E-state index < -0.39 is 16.1 Å². The second-order valence-corrected chi connectivity index (χ2v) is 12.8. The number of benzene rings is 2. The lowest BCUT2D eigenvalue weighted by atomic mass is 10.0. The van der Waals surface area contributed by atoms with Gasteiger partial charge >= 0.3 is 0 Å². The Morgan fingerprint density at radius 2 is 1.88 bits per heavy atom. The highest BCUT2D eigenvalue weighted by atomic mass is 32.2. The van der Waals surface area contributed by atoms with Crippen LogP contribution in [0.1, 0.15) is 56.0 Å². The van der Waals surface area contributed by atoms with Crippen LogP contribution in [0.25, 0.3) is 0 Å². The molecule has 0 bridgehead atoms. The Bertz CT molecular complexity index is 1190. The minimum Gasteiger partial charge on any atom is -0.490 e. The van der Waals surface area contributed by atoms with Gasteiger partial charge in [-0.2, -0.15) is 0 Å². The maximum Gasteiger partial charge on any atom is 0.258 e. The van der Waals surface area contributed by atoms with Gasteiger partial charge in [-0.15, -0.1) is 0 Å². The Labute approximate surface area is 239 Å². The van der Waals surface area contributed by atoms with E-state index in [2.05, 4.69) is 35.7 Å². The predicted octanol–water partition coefficient (Wildman–Crippen LogP) is 3.99. The van der Waals surface area contributed by atoms with Crippen LogP contribution < -0.4 is 9.46 Å². The summed E-state index contributed by atoms with van der Waals surface area (Å²) in [6.45, 7) is 8.04. The van der Waals surface area contributed by atoms with Gasteiger partial charge in [-0.3, -0.25) is 14.4 Å². The fourth-order valence-electron chi connectivity index (χ4n) is 4.93. The lowest BCUT2D eigenvalue weighted by Crippen LogP contribution is -2.47. The zero-order valence-corrected chi connectivity index (χ0v) is 25.2. The number of aliphatic hydroxyl groups excluding tert-OH is 1. The molecule has 0 radical (unpaired) electrons. The monoisotopic (exact) mass is 575 g/mol. The second kappa shape index (κ2) is 14.8. The molecule has 1 aliphatic rings. The molecule has 1 amide bonds. The third-order valence-corrected chi connectivity index (χ3v) is 7.75. The number of hydrogen-bond acceptors (Lipinski definition) is 7. The highest BCUT2D eigenvalue weighted by molar-refractivity contribution is 7.92. The van der Waals surface area contributed by atoms with Crippen LogP contribution in [-0.4, -0.2) is 87.1 Å². The summed E-state index contributed by atoms with van der Waals surface area (Å²) in [4.78, 5) is 17.9. The molecule has 9 nitrogen and oxygen atoms in total. The molecule has 10 heteroatoms. The Kier molecular flexibility index (Phi) is 11.8. The number of sulfonamides is 1. The first kappa shape index (κ1) is 31.9. The summed E-state index contributed by atoms with van der Waals surface area (Å²) in [7, 11) is -1.47. The molecule has 0 spiro atoms. The van der Waals surface area contributed by atoms with Gasteiger partial charge in [-0.05, 0) is 63.9 Å². The first-order valence-electron chi connectivity index (χ1n) is 14.0. The lowest BCUT2D eigenvalue weighted by Gasteiger charge is -2.36. The molecule has 2 N–H and O–H groups in total. The Morgan fingerprint density at radius 1 is 1.15 bits per heavy atom. The van der Waals surface area contributed by atoms with E-state index >= 15 is 0 Å². The van der Waals surface area contributed by atoms with Crippen molar-refractivity contribution in [1.82, 2.24) is 9.80 Å². The van der Waals surface area contributed by atoms with Crippen LogP contribution in [0.2, 0.25) is 0 Å². The number of carbonyl (C=O) groups is 1. The van der Waals surface area contributed by atoms with E-state index in [0.717, 1.165) is 32.1 Å². The van der Waals surface area contributed by atoms with Crippen LogP contribution in [0.4, 0.5) is 5.69 Å². The first-order chi connectivity index (χ1) is 19.0. The molecule has 2 aromatic rings. The highest BCUT2D eigenvalue weighted by Gasteiger charge is 2.30.